The first-order valence-corrected chi connectivity index (χ1v) is 24.2. The van der Waals surface area contributed by atoms with Crippen LogP contribution in [0.2, 0.25) is 0 Å². The lowest BCUT2D eigenvalue weighted by Crippen LogP contribution is -1.94. The minimum Gasteiger partial charge on any atom is -0.309 e. The van der Waals surface area contributed by atoms with Gasteiger partial charge in [0.2, 0.25) is 0 Å². The topological polar surface area (TPSA) is 14.8 Å². The summed E-state index contributed by atoms with van der Waals surface area (Å²) in [5.74, 6) is 0. The average Bonchev–Trinajstić information content (AvgIpc) is 4.13. The molecule has 4 aromatic heterocycles. The Balaban J connectivity index is 0.000000154. The van der Waals surface area contributed by atoms with E-state index >= 15 is 0 Å². The summed E-state index contributed by atoms with van der Waals surface area (Å²) in [7, 11) is 0. The van der Waals surface area contributed by atoms with Crippen molar-refractivity contribution in [2.24, 2.45) is 0 Å². The molecule has 10 aromatic carbocycles. The molecule has 0 bridgehead atoms. The van der Waals surface area contributed by atoms with E-state index in [0.717, 1.165) is 4.47 Å². The van der Waals surface area contributed by atoms with Gasteiger partial charge in [0.05, 0.1) is 37.8 Å². The summed E-state index contributed by atoms with van der Waals surface area (Å²) in [5.41, 5.74) is 15.9. The molecular weight excluding hydrogens is 911 g/mol. The molecule has 5 heteroatoms. The van der Waals surface area contributed by atoms with Crippen LogP contribution < -0.4 is 0 Å². The van der Waals surface area contributed by atoms with Gasteiger partial charge in [0.1, 0.15) is 0 Å². The highest BCUT2D eigenvalue weighted by molar-refractivity contribution is 9.10. The van der Waals surface area contributed by atoms with E-state index in [1.807, 2.05) is 11.3 Å². The molecule has 4 heterocycles. The number of aromatic nitrogens is 3. The molecule has 14 rings (SSSR count). The first kappa shape index (κ1) is 41.5. The third kappa shape index (κ3) is 6.85. The third-order valence-electron chi connectivity index (χ3n) is 13.2. The number of rotatable bonds is 5. The molecule has 324 valence electrons. The van der Waals surface area contributed by atoms with Crippen molar-refractivity contribution in [3.05, 3.63) is 247 Å². The Labute approximate surface area is 407 Å². The fourth-order valence-electron chi connectivity index (χ4n) is 10.1. The summed E-state index contributed by atoms with van der Waals surface area (Å²) >= 11 is 5.40. The zero-order chi connectivity index (χ0) is 44.4. The van der Waals surface area contributed by atoms with Gasteiger partial charge in [-0.05, 0) is 107 Å². The van der Waals surface area contributed by atoms with Crippen LogP contribution >= 0.6 is 27.3 Å². The van der Waals surface area contributed by atoms with E-state index in [4.69, 9.17) is 0 Å². The zero-order valence-corrected chi connectivity index (χ0v) is 38.6. The van der Waals surface area contributed by atoms with Crippen molar-refractivity contribution in [3.8, 4) is 39.3 Å². The number of halogens is 1. The maximum absolute atomic E-state index is 3.52. The minimum atomic E-state index is 0. The van der Waals surface area contributed by atoms with Crippen molar-refractivity contribution >= 4 is 102 Å². The van der Waals surface area contributed by atoms with Crippen molar-refractivity contribution in [1.29, 1.82) is 0 Å². The SMILES string of the molecule is Brc1ccc(-c2ccc3c4ccccc4n(-c4ccccc4)c3c2)cc1.C.c1ccc(-n2c3ccccc3c3ccc(-c4ccc(-n5c6ccccc6c6sc7ccccc7c65)cc4)cc32)cc1. The minimum absolute atomic E-state index is 0. The van der Waals surface area contributed by atoms with E-state index in [9.17, 15) is 0 Å². The number of fused-ring (bicyclic) bond motifs is 11. The highest BCUT2D eigenvalue weighted by Gasteiger charge is 2.18. The van der Waals surface area contributed by atoms with Crippen LogP contribution in [-0.2, 0) is 0 Å². The highest BCUT2D eigenvalue weighted by atomic mass is 79.9. The fourth-order valence-corrected chi connectivity index (χ4v) is 11.6. The molecule has 0 aliphatic rings. The standard InChI is InChI=1S/C38H24N2S.C24H16BrN.CH4/c1-2-10-27(11-3-1)39-33-15-7-4-12-29(33)30-23-20-26(24-35(30)39)25-18-21-28(22-19-25)40-34-16-8-5-13-31(34)38-37(40)32-14-6-9-17-36(32)41-38;25-19-13-10-17(11-14-19)18-12-15-22-21-8-4-5-9-23(21)26(24(22)16-18)20-6-2-1-3-7-20;/h1-24H;1-16H;1H4. The van der Waals surface area contributed by atoms with E-state index in [-0.39, 0.29) is 7.43 Å². The van der Waals surface area contributed by atoms with Gasteiger partial charge in [0, 0.05) is 58.6 Å². The molecule has 0 unspecified atom stereocenters. The Morgan fingerprint density at radius 3 is 1.21 bits per heavy atom. The van der Waals surface area contributed by atoms with Crippen LogP contribution in [-0.4, -0.2) is 13.7 Å². The molecule has 0 N–H and O–H groups in total. The summed E-state index contributed by atoms with van der Waals surface area (Å²) < 4.78 is 10.9. The van der Waals surface area contributed by atoms with E-state index in [2.05, 4.69) is 272 Å². The molecule has 0 aliphatic heterocycles. The van der Waals surface area contributed by atoms with Crippen LogP contribution in [0.25, 0.3) is 114 Å². The van der Waals surface area contributed by atoms with Crippen molar-refractivity contribution in [2.45, 2.75) is 7.43 Å². The van der Waals surface area contributed by atoms with Crippen LogP contribution in [0, 0.1) is 0 Å². The number of hydrogen-bond acceptors (Lipinski definition) is 1. The lowest BCUT2D eigenvalue weighted by molar-refractivity contribution is 1.18. The van der Waals surface area contributed by atoms with Crippen LogP contribution in [0.3, 0.4) is 0 Å². The van der Waals surface area contributed by atoms with Gasteiger partial charge in [-0.3, -0.25) is 0 Å². The lowest BCUT2D eigenvalue weighted by atomic mass is 10.0. The predicted molar refractivity (Wildman–Crippen MR) is 297 cm³/mol. The van der Waals surface area contributed by atoms with Gasteiger partial charge in [-0.2, -0.15) is 0 Å². The van der Waals surface area contributed by atoms with E-state index in [1.54, 1.807) is 0 Å². The second-order valence-corrected chi connectivity index (χ2v) is 19.0. The second-order valence-electron chi connectivity index (χ2n) is 17.0. The first-order valence-electron chi connectivity index (χ1n) is 22.6. The Kier molecular flexibility index (Phi) is 10.4. The Morgan fingerprint density at radius 2 is 0.676 bits per heavy atom. The maximum Gasteiger partial charge on any atom is 0.0727 e. The normalized spacial score (nSPS) is 11.5. The van der Waals surface area contributed by atoms with E-state index in [1.165, 1.54) is 114 Å². The molecule has 0 fully saturated rings. The summed E-state index contributed by atoms with van der Waals surface area (Å²) in [6.07, 6.45) is 0. The highest BCUT2D eigenvalue weighted by Crippen LogP contribution is 2.43. The summed E-state index contributed by atoms with van der Waals surface area (Å²) in [5, 5.41) is 7.74. The molecule has 68 heavy (non-hydrogen) atoms. The molecule has 0 atom stereocenters. The average molecular weight is 955 g/mol. The van der Waals surface area contributed by atoms with Crippen molar-refractivity contribution < 1.29 is 0 Å². The van der Waals surface area contributed by atoms with E-state index in [0.29, 0.717) is 0 Å². The molecule has 0 aliphatic carbocycles. The van der Waals surface area contributed by atoms with Gasteiger partial charge in [-0.25, -0.2) is 0 Å². The van der Waals surface area contributed by atoms with Gasteiger partial charge in [0.25, 0.3) is 0 Å². The quantitative estimate of drug-likeness (QED) is 0.163. The molecular formula is C63H44BrN3S. The van der Waals surface area contributed by atoms with Crippen molar-refractivity contribution in [2.75, 3.05) is 0 Å². The molecule has 3 nitrogen and oxygen atoms in total. The molecule has 0 radical (unpaired) electrons. The summed E-state index contributed by atoms with van der Waals surface area (Å²) in [6.45, 7) is 0. The first-order chi connectivity index (χ1) is 33.2. The number of thiophene rings is 1. The van der Waals surface area contributed by atoms with Gasteiger partial charge < -0.3 is 13.7 Å². The van der Waals surface area contributed by atoms with Gasteiger partial charge in [-0.15, -0.1) is 11.3 Å². The molecule has 0 saturated heterocycles. The van der Waals surface area contributed by atoms with Crippen LogP contribution in [0.4, 0.5) is 0 Å². The third-order valence-corrected chi connectivity index (χ3v) is 14.9. The molecule has 14 aromatic rings. The summed E-state index contributed by atoms with van der Waals surface area (Å²) in [4.78, 5) is 0. The Hall–Kier alpha value is -7.96. The van der Waals surface area contributed by atoms with Gasteiger partial charge >= 0.3 is 0 Å². The molecule has 0 spiro atoms. The Morgan fingerprint density at radius 1 is 0.294 bits per heavy atom. The van der Waals surface area contributed by atoms with Crippen LogP contribution in [0.15, 0.2) is 247 Å². The number of nitrogens with zero attached hydrogens (tertiary/aromatic N) is 3. The summed E-state index contributed by atoms with van der Waals surface area (Å²) in [6, 6.07) is 87.3. The van der Waals surface area contributed by atoms with Crippen LogP contribution in [0.1, 0.15) is 7.43 Å². The van der Waals surface area contributed by atoms with Crippen molar-refractivity contribution in [3.63, 3.8) is 0 Å². The number of benzene rings is 10. The maximum atomic E-state index is 3.52. The predicted octanol–water partition coefficient (Wildman–Crippen LogP) is 18.6. The van der Waals surface area contributed by atoms with Gasteiger partial charge in [-0.1, -0.05) is 181 Å². The van der Waals surface area contributed by atoms with E-state index < -0.39 is 0 Å². The monoisotopic (exact) mass is 953 g/mol. The van der Waals surface area contributed by atoms with Crippen LogP contribution in [0.5, 0.6) is 0 Å². The smallest absolute Gasteiger partial charge is 0.0727 e. The fraction of sp³-hybridized carbons (Fsp3) is 0.0159. The Bertz CT molecular complexity index is 4130. The second kappa shape index (κ2) is 17.0. The number of para-hydroxylation sites is 5. The van der Waals surface area contributed by atoms with Crippen molar-refractivity contribution in [1.82, 2.24) is 13.7 Å². The number of hydrogen-bond donors (Lipinski definition) is 0. The molecule has 0 saturated carbocycles. The zero-order valence-electron chi connectivity index (χ0n) is 36.2. The van der Waals surface area contributed by atoms with Gasteiger partial charge in [0.15, 0.2) is 0 Å². The lowest BCUT2D eigenvalue weighted by Gasteiger charge is -2.11. The largest absolute Gasteiger partial charge is 0.309 e. The molecule has 0 amide bonds.